The van der Waals surface area contributed by atoms with Crippen LogP contribution in [0, 0.1) is 5.41 Å². The van der Waals surface area contributed by atoms with Crippen molar-refractivity contribution < 1.29 is 22.8 Å². The number of hydrogen-bond donors (Lipinski definition) is 2. The lowest BCUT2D eigenvalue weighted by Gasteiger charge is -2.37. The van der Waals surface area contributed by atoms with Crippen molar-refractivity contribution in [1.29, 1.82) is 0 Å². The maximum atomic E-state index is 13.8. The third kappa shape index (κ3) is 7.35. The number of carbonyl (C=O) groups is 2. The summed E-state index contributed by atoms with van der Waals surface area (Å²) in [6, 6.07) is 9.43. The van der Waals surface area contributed by atoms with E-state index in [1.807, 2.05) is 40.1 Å². The number of benzene rings is 1. The average molecular weight is 661 g/mol. The molecular weight excluding hydrogens is 621 g/mol. The van der Waals surface area contributed by atoms with Crippen molar-refractivity contribution in [3.8, 4) is 11.3 Å². The molecular formula is C35H39F3N8O2. The van der Waals surface area contributed by atoms with E-state index in [1.165, 1.54) is 12.3 Å². The Kier molecular flexibility index (Phi) is 9.76. The summed E-state index contributed by atoms with van der Waals surface area (Å²) in [7, 11) is 0. The number of amidine groups is 1. The number of alkyl halides is 3. The second-order valence-corrected chi connectivity index (χ2v) is 12.5. The van der Waals surface area contributed by atoms with Crippen LogP contribution in [0.25, 0.3) is 22.2 Å². The summed E-state index contributed by atoms with van der Waals surface area (Å²) in [6.07, 6.45) is 6.80. The van der Waals surface area contributed by atoms with Gasteiger partial charge in [-0.2, -0.15) is 18.3 Å². The number of nitrogens with zero attached hydrogens (tertiary/aromatic N) is 6. The molecule has 2 amide bonds. The van der Waals surface area contributed by atoms with Gasteiger partial charge in [0.15, 0.2) is 0 Å². The van der Waals surface area contributed by atoms with Crippen LogP contribution in [0.4, 0.5) is 18.9 Å². The highest BCUT2D eigenvalue weighted by molar-refractivity contribution is 6.00. The normalized spacial score (nSPS) is 22.6. The van der Waals surface area contributed by atoms with Crippen molar-refractivity contribution >= 4 is 34.2 Å². The molecule has 3 aliphatic rings. The lowest BCUT2D eigenvalue weighted by atomic mass is 9.82. The summed E-state index contributed by atoms with van der Waals surface area (Å²) in [5.74, 6) is 0.630. The van der Waals surface area contributed by atoms with Crippen LogP contribution in [0.1, 0.15) is 32.1 Å². The predicted octanol–water partition coefficient (Wildman–Crippen LogP) is 5.56. The first kappa shape index (κ1) is 33.1. The maximum Gasteiger partial charge on any atom is 0.416 e. The highest BCUT2D eigenvalue weighted by atomic mass is 19.4. The van der Waals surface area contributed by atoms with Crippen molar-refractivity contribution in [1.82, 2.24) is 29.9 Å². The number of nitrogens with one attached hydrogen (secondary N) is 2. The first-order valence-electron chi connectivity index (χ1n) is 16.2. The monoisotopic (exact) mass is 660 g/mol. The second kappa shape index (κ2) is 14.1. The van der Waals surface area contributed by atoms with Crippen LogP contribution >= 0.6 is 0 Å². The number of amides is 2. The van der Waals surface area contributed by atoms with Crippen LogP contribution in [0.3, 0.4) is 0 Å². The fourth-order valence-electron chi connectivity index (χ4n) is 6.71. The van der Waals surface area contributed by atoms with E-state index < -0.39 is 17.2 Å². The summed E-state index contributed by atoms with van der Waals surface area (Å²) in [5.41, 5.74) is 1.82. The summed E-state index contributed by atoms with van der Waals surface area (Å²) in [6.45, 7) is 7.28. The van der Waals surface area contributed by atoms with Gasteiger partial charge in [-0.05, 0) is 68.6 Å². The Balaban J connectivity index is 1.05. The van der Waals surface area contributed by atoms with Crippen molar-refractivity contribution in [2.24, 2.45) is 10.4 Å². The number of allylic oxidation sites excluding steroid dienone is 4. The van der Waals surface area contributed by atoms with Gasteiger partial charge in [-0.1, -0.05) is 12.2 Å². The number of anilines is 1. The van der Waals surface area contributed by atoms with Crippen LogP contribution in [-0.4, -0.2) is 99.5 Å². The number of hydrogen-bond acceptors (Lipinski definition) is 7. The molecule has 5 heterocycles. The number of fused-ring (bicyclic) bond motifs is 1. The lowest BCUT2D eigenvalue weighted by Crippen LogP contribution is -2.52. The molecule has 2 N–H and O–H groups in total. The molecule has 2 saturated heterocycles. The van der Waals surface area contributed by atoms with Crippen LogP contribution < -0.4 is 5.32 Å². The van der Waals surface area contributed by atoms with E-state index in [-0.39, 0.29) is 18.4 Å². The smallest absolute Gasteiger partial charge is 0.357 e. The number of aromatic nitrogens is 3. The molecule has 10 nitrogen and oxygen atoms in total. The lowest BCUT2D eigenvalue weighted by molar-refractivity contribution is -0.134. The molecule has 48 heavy (non-hydrogen) atoms. The largest absolute Gasteiger partial charge is 0.416 e. The third-order valence-corrected chi connectivity index (χ3v) is 9.35. The predicted molar refractivity (Wildman–Crippen MR) is 179 cm³/mol. The van der Waals surface area contributed by atoms with Gasteiger partial charge in [0, 0.05) is 74.4 Å². The van der Waals surface area contributed by atoms with Crippen LogP contribution in [0.15, 0.2) is 84.3 Å². The van der Waals surface area contributed by atoms with Gasteiger partial charge in [0.1, 0.15) is 11.5 Å². The fraction of sp³-hybridized carbons (Fsp3) is 0.400. The van der Waals surface area contributed by atoms with Crippen molar-refractivity contribution in [2.45, 2.75) is 38.3 Å². The van der Waals surface area contributed by atoms with Gasteiger partial charge in [-0.15, -0.1) is 6.58 Å². The Morgan fingerprint density at radius 3 is 2.62 bits per heavy atom. The number of piperazine rings is 1. The Morgan fingerprint density at radius 2 is 1.88 bits per heavy atom. The quantitative estimate of drug-likeness (QED) is 0.322. The minimum absolute atomic E-state index is 0.00571. The zero-order chi connectivity index (χ0) is 33.7. The Hall–Kier alpha value is -4.78. The molecule has 0 spiro atoms. The minimum atomic E-state index is -4.39. The van der Waals surface area contributed by atoms with Crippen molar-refractivity contribution in [2.75, 3.05) is 51.1 Å². The average Bonchev–Trinajstić information content (AvgIpc) is 3.72. The SMILES string of the molecule is C=CCC1(C(=O)Nc2ccc3[nH]nc(-c4ccncc4)c3c2)CCN(CC(=O)N2CCN(C3=N/C=C\C(C(F)(F)F)=C\CCC3)CC2)C1. The standard InChI is InChI=1S/C35H39F3N8O2/c1-2-12-34(33(48)41-27-7-8-29-28(22-27)32(43-42-29)25-9-14-39-15-10-25)13-17-44(24-34)23-31(47)46-20-18-45(19-21-46)30-6-4-3-5-26(11-16-40-30)35(36,37)38/h2,5,7-11,14-16,22H,1,3-4,6,12-13,17-21,23-24H2,(H,41,48)(H,42,43)/b16-11-,26-5-,40-30?. The number of aliphatic imine (C=N–C) groups is 1. The molecule has 0 radical (unpaired) electrons. The van der Waals surface area contributed by atoms with E-state index in [4.69, 9.17) is 0 Å². The molecule has 0 bridgehead atoms. The molecule has 13 heteroatoms. The molecule has 6 rings (SSSR count). The zero-order valence-electron chi connectivity index (χ0n) is 26.7. The van der Waals surface area contributed by atoms with E-state index in [0.717, 1.165) is 34.1 Å². The summed E-state index contributed by atoms with van der Waals surface area (Å²) in [4.78, 5) is 41.5. The van der Waals surface area contributed by atoms with Crippen molar-refractivity contribution in [3.05, 3.63) is 79.3 Å². The second-order valence-electron chi connectivity index (χ2n) is 12.5. The van der Waals surface area contributed by atoms with Gasteiger partial charge < -0.3 is 15.1 Å². The minimum Gasteiger partial charge on any atom is -0.357 e. The Morgan fingerprint density at radius 1 is 1.08 bits per heavy atom. The Labute approximate surface area is 277 Å². The maximum absolute atomic E-state index is 13.8. The van der Waals surface area contributed by atoms with Crippen molar-refractivity contribution in [3.63, 3.8) is 0 Å². The fourth-order valence-corrected chi connectivity index (χ4v) is 6.71. The third-order valence-electron chi connectivity index (χ3n) is 9.35. The number of rotatable bonds is 7. The van der Waals surface area contributed by atoms with Crippen LogP contribution in [0.5, 0.6) is 0 Å². The van der Waals surface area contributed by atoms with E-state index >= 15 is 0 Å². The molecule has 1 unspecified atom stereocenters. The van der Waals surface area contributed by atoms with Gasteiger partial charge in [-0.3, -0.25) is 24.6 Å². The van der Waals surface area contributed by atoms with Gasteiger partial charge in [0.25, 0.3) is 0 Å². The molecule has 2 aromatic heterocycles. The molecule has 0 aliphatic carbocycles. The van der Waals surface area contributed by atoms with Gasteiger partial charge >= 0.3 is 6.18 Å². The number of pyridine rings is 1. The number of halogens is 3. The molecule has 252 valence electrons. The molecule has 3 aliphatic heterocycles. The number of carbonyl (C=O) groups excluding carboxylic acids is 2. The van der Waals surface area contributed by atoms with Gasteiger partial charge in [0.05, 0.1) is 23.0 Å². The molecule has 2 fully saturated rings. The van der Waals surface area contributed by atoms with E-state index in [0.29, 0.717) is 77.1 Å². The molecule has 1 aromatic carbocycles. The summed E-state index contributed by atoms with van der Waals surface area (Å²) < 4.78 is 39.5. The van der Waals surface area contributed by atoms with Crippen LogP contribution in [0.2, 0.25) is 0 Å². The number of H-pyrrole nitrogens is 1. The van der Waals surface area contributed by atoms with Crippen LogP contribution in [-0.2, 0) is 9.59 Å². The zero-order valence-corrected chi connectivity index (χ0v) is 26.7. The first-order chi connectivity index (χ1) is 23.1. The van der Waals surface area contributed by atoms with E-state index in [2.05, 4.69) is 37.0 Å². The van der Waals surface area contributed by atoms with E-state index in [9.17, 15) is 22.8 Å². The van der Waals surface area contributed by atoms with Gasteiger partial charge in [0.2, 0.25) is 11.8 Å². The Bertz CT molecular complexity index is 1740. The molecule has 3 aromatic rings. The first-order valence-corrected chi connectivity index (χ1v) is 16.2. The van der Waals surface area contributed by atoms with E-state index in [1.54, 1.807) is 18.5 Å². The summed E-state index contributed by atoms with van der Waals surface area (Å²) in [5, 5.41) is 11.5. The molecule has 0 saturated carbocycles. The summed E-state index contributed by atoms with van der Waals surface area (Å²) >= 11 is 0. The number of likely N-dealkylation sites (tertiary alicyclic amines) is 1. The highest BCUT2D eigenvalue weighted by Gasteiger charge is 2.44. The topological polar surface area (TPSA) is 110 Å². The van der Waals surface area contributed by atoms with Gasteiger partial charge in [-0.25, -0.2) is 4.99 Å². The highest BCUT2D eigenvalue weighted by Crippen LogP contribution is 2.37. The molecule has 1 atom stereocenters. The number of aromatic amines is 1.